The molecule has 20 heavy (non-hydrogen) atoms. The first-order chi connectivity index (χ1) is 9.56. The Morgan fingerprint density at radius 3 is 2.55 bits per heavy atom. The van der Waals surface area contributed by atoms with Crippen LogP contribution in [0.15, 0.2) is 30.3 Å². The largest absolute Gasteiger partial charge is 0.381 e. The van der Waals surface area contributed by atoms with Crippen molar-refractivity contribution < 1.29 is 4.74 Å². The molecule has 0 spiro atoms. The van der Waals surface area contributed by atoms with Crippen molar-refractivity contribution in [2.24, 2.45) is 0 Å². The molecular weight excluding hydrogens is 248 g/mol. The van der Waals surface area contributed by atoms with Crippen molar-refractivity contribution in [1.29, 1.82) is 5.26 Å². The lowest BCUT2D eigenvalue weighted by molar-refractivity contribution is 0.115. The lowest BCUT2D eigenvalue weighted by Crippen LogP contribution is -2.45. The van der Waals surface area contributed by atoms with E-state index in [9.17, 15) is 5.26 Å². The molecule has 1 aromatic carbocycles. The fourth-order valence-corrected chi connectivity index (χ4v) is 2.20. The minimum absolute atomic E-state index is 0.303. The number of ether oxygens (including phenoxy) is 1. The number of nitrogens with zero attached hydrogens (tertiary/aromatic N) is 1. The Hall–Kier alpha value is -1.37. The van der Waals surface area contributed by atoms with Crippen LogP contribution in [0.5, 0.6) is 0 Å². The van der Waals surface area contributed by atoms with Gasteiger partial charge < -0.3 is 4.74 Å². The van der Waals surface area contributed by atoms with E-state index in [2.05, 4.69) is 49.5 Å². The highest BCUT2D eigenvalue weighted by Gasteiger charge is 2.23. The highest BCUT2D eigenvalue weighted by molar-refractivity contribution is 5.14. The zero-order valence-electron chi connectivity index (χ0n) is 12.9. The third-order valence-electron chi connectivity index (χ3n) is 3.20. The summed E-state index contributed by atoms with van der Waals surface area (Å²) in [5.41, 5.74) is 0.854. The second kappa shape index (κ2) is 8.73. The molecule has 0 saturated carbocycles. The summed E-state index contributed by atoms with van der Waals surface area (Å²) in [6.07, 6.45) is 2.78. The Kier molecular flexibility index (Phi) is 7.28. The van der Waals surface area contributed by atoms with Crippen LogP contribution in [0.3, 0.4) is 0 Å². The molecule has 0 amide bonds. The number of rotatable bonds is 9. The molecule has 3 heteroatoms. The quantitative estimate of drug-likeness (QED) is 0.703. The van der Waals surface area contributed by atoms with E-state index in [0.717, 1.165) is 19.4 Å². The molecule has 0 saturated heterocycles. The van der Waals surface area contributed by atoms with E-state index in [1.165, 1.54) is 5.56 Å². The summed E-state index contributed by atoms with van der Waals surface area (Å²) in [6.45, 7) is 7.41. The Bertz CT molecular complexity index is 411. The molecule has 0 aliphatic heterocycles. The maximum Gasteiger partial charge on any atom is 0.106 e. The number of aryl methyl sites for hydroxylation is 1. The molecule has 1 rings (SSSR count). The molecule has 1 atom stereocenters. The molecule has 0 bridgehead atoms. The van der Waals surface area contributed by atoms with Crippen LogP contribution in [0.2, 0.25) is 0 Å². The van der Waals surface area contributed by atoms with Crippen LogP contribution in [-0.2, 0) is 11.2 Å². The van der Waals surface area contributed by atoms with Crippen LogP contribution in [0, 0.1) is 11.3 Å². The van der Waals surface area contributed by atoms with Gasteiger partial charge in [-0.1, -0.05) is 30.3 Å². The average molecular weight is 274 g/mol. The first-order valence-corrected chi connectivity index (χ1v) is 7.36. The van der Waals surface area contributed by atoms with Crippen LogP contribution < -0.4 is 5.32 Å². The van der Waals surface area contributed by atoms with Gasteiger partial charge in [0.15, 0.2) is 0 Å². The molecule has 0 heterocycles. The highest BCUT2D eigenvalue weighted by Crippen LogP contribution is 2.10. The zero-order valence-corrected chi connectivity index (χ0v) is 12.9. The number of nitrogens with one attached hydrogen (secondary N) is 1. The van der Waals surface area contributed by atoms with E-state index >= 15 is 0 Å². The molecule has 0 radical (unpaired) electrons. The molecule has 0 aromatic heterocycles. The summed E-state index contributed by atoms with van der Waals surface area (Å²) in [6, 6.07) is 13.1. The van der Waals surface area contributed by atoms with Gasteiger partial charge in [0.1, 0.15) is 5.54 Å². The topological polar surface area (TPSA) is 45.0 Å². The first-order valence-electron chi connectivity index (χ1n) is 7.36. The van der Waals surface area contributed by atoms with Gasteiger partial charge in [-0.2, -0.15) is 5.26 Å². The molecular formula is C17H26N2O. The summed E-state index contributed by atoms with van der Waals surface area (Å²) in [5.74, 6) is 0. The van der Waals surface area contributed by atoms with Crippen LogP contribution in [0.4, 0.5) is 0 Å². The standard InChI is InChI=1S/C17H26N2O/c1-15(2)19-17(3,14-18)11-13-20-12-7-10-16-8-5-4-6-9-16/h4-6,8-9,15,19H,7,10-13H2,1-3H3. The van der Waals surface area contributed by atoms with Crippen molar-refractivity contribution in [3.63, 3.8) is 0 Å². The van der Waals surface area contributed by atoms with Gasteiger partial charge >= 0.3 is 0 Å². The average Bonchev–Trinajstić information content (AvgIpc) is 2.43. The number of benzene rings is 1. The minimum Gasteiger partial charge on any atom is -0.381 e. The van der Waals surface area contributed by atoms with Crippen molar-refractivity contribution in [2.45, 2.75) is 51.6 Å². The maximum atomic E-state index is 9.22. The smallest absolute Gasteiger partial charge is 0.106 e. The maximum absolute atomic E-state index is 9.22. The molecule has 0 aliphatic rings. The Morgan fingerprint density at radius 1 is 1.25 bits per heavy atom. The van der Waals surface area contributed by atoms with Crippen LogP contribution >= 0.6 is 0 Å². The predicted octanol–water partition coefficient (Wildman–Crippen LogP) is 3.31. The molecule has 1 aromatic rings. The zero-order chi connectivity index (χ0) is 14.8. The van der Waals surface area contributed by atoms with Crippen molar-refractivity contribution >= 4 is 0 Å². The van der Waals surface area contributed by atoms with Crippen molar-refractivity contribution in [1.82, 2.24) is 5.32 Å². The van der Waals surface area contributed by atoms with Crippen LogP contribution in [0.1, 0.15) is 39.2 Å². The lowest BCUT2D eigenvalue weighted by atomic mass is 9.99. The number of hydrogen-bond donors (Lipinski definition) is 1. The van der Waals surface area contributed by atoms with Crippen molar-refractivity contribution in [3.8, 4) is 6.07 Å². The van der Waals surface area contributed by atoms with Gasteiger partial charge in [-0.15, -0.1) is 0 Å². The van der Waals surface area contributed by atoms with Gasteiger partial charge in [-0.25, -0.2) is 0 Å². The number of nitriles is 1. The van der Waals surface area contributed by atoms with E-state index in [0.29, 0.717) is 19.1 Å². The Morgan fingerprint density at radius 2 is 1.95 bits per heavy atom. The van der Waals surface area contributed by atoms with Gasteiger partial charge in [0.2, 0.25) is 0 Å². The van der Waals surface area contributed by atoms with Gasteiger partial charge in [-0.3, -0.25) is 5.32 Å². The summed E-state index contributed by atoms with van der Waals surface area (Å²) in [5, 5.41) is 12.5. The summed E-state index contributed by atoms with van der Waals surface area (Å²) in [7, 11) is 0. The van der Waals surface area contributed by atoms with Crippen molar-refractivity contribution in [2.75, 3.05) is 13.2 Å². The molecule has 0 aliphatic carbocycles. The summed E-state index contributed by atoms with van der Waals surface area (Å²) < 4.78 is 5.64. The highest BCUT2D eigenvalue weighted by atomic mass is 16.5. The predicted molar refractivity (Wildman–Crippen MR) is 82.5 cm³/mol. The fourth-order valence-electron chi connectivity index (χ4n) is 2.20. The van der Waals surface area contributed by atoms with Gasteiger partial charge in [0.05, 0.1) is 6.07 Å². The molecule has 0 fully saturated rings. The SMILES string of the molecule is CC(C)NC(C)(C#N)CCOCCCc1ccccc1. The molecule has 1 unspecified atom stereocenters. The third-order valence-corrected chi connectivity index (χ3v) is 3.20. The molecule has 3 nitrogen and oxygen atoms in total. The fraction of sp³-hybridized carbons (Fsp3) is 0.588. The van der Waals surface area contributed by atoms with Gasteiger partial charge in [-0.05, 0) is 39.2 Å². The molecule has 110 valence electrons. The van der Waals surface area contributed by atoms with E-state index in [1.54, 1.807) is 0 Å². The van der Waals surface area contributed by atoms with E-state index in [4.69, 9.17) is 4.74 Å². The van der Waals surface area contributed by atoms with E-state index in [1.807, 2.05) is 13.0 Å². The Balaban J connectivity index is 2.14. The Labute approximate surface area is 123 Å². The van der Waals surface area contributed by atoms with Crippen LogP contribution in [-0.4, -0.2) is 24.8 Å². The van der Waals surface area contributed by atoms with Crippen molar-refractivity contribution in [3.05, 3.63) is 35.9 Å². The van der Waals surface area contributed by atoms with Gasteiger partial charge in [0, 0.05) is 25.7 Å². The first kappa shape index (κ1) is 16.7. The van der Waals surface area contributed by atoms with E-state index < -0.39 is 5.54 Å². The van der Waals surface area contributed by atoms with Crippen LogP contribution in [0.25, 0.3) is 0 Å². The molecule has 1 N–H and O–H groups in total. The lowest BCUT2D eigenvalue weighted by Gasteiger charge is -2.25. The van der Waals surface area contributed by atoms with Gasteiger partial charge in [0.25, 0.3) is 0 Å². The minimum atomic E-state index is -0.492. The summed E-state index contributed by atoms with van der Waals surface area (Å²) in [4.78, 5) is 0. The monoisotopic (exact) mass is 274 g/mol. The normalized spacial score (nSPS) is 13.9. The van der Waals surface area contributed by atoms with E-state index in [-0.39, 0.29) is 0 Å². The second-order valence-corrected chi connectivity index (χ2v) is 5.69. The second-order valence-electron chi connectivity index (χ2n) is 5.69. The third kappa shape index (κ3) is 6.70. The summed E-state index contributed by atoms with van der Waals surface area (Å²) >= 11 is 0. The number of hydrogen-bond acceptors (Lipinski definition) is 3.